The second-order valence-electron chi connectivity index (χ2n) is 5.92. The molecule has 1 atom stereocenters. The monoisotopic (exact) mass is 293 g/mol. The van der Waals surface area contributed by atoms with Gasteiger partial charge in [0, 0.05) is 6.42 Å². The molecule has 5 nitrogen and oxygen atoms in total. The van der Waals surface area contributed by atoms with Crippen LogP contribution in [0.25, 0.3) is 0 Å². The average molecular weight is 293 g/mol. The Bertz CT molecular complexity index is 505. The van der Waals surface area contributed by atoms with Gasteiger partial charge in [-0.25, -0.2) is 9.59 Å². The van der Waals surface area contributed by atoms with Gasteiger partial charge in [0.25, 0.3) is 0 Å². The molecule has 0 aliphatic heterocycles. The van der Waals surface area contributed by atoms with Crippen molar-refractivity contribution in [1.29, 1.82) is 0 Å². The summed E-state index contributed by atoms with van der Waals surface area (Å²) in [7, 11) is 1.29. The number of aryl methyl sites for hydroxylation is 1. The highest BCUT2D eigenvalue weighted by Gasteiger charge is 2.25. The van der Waals surface area contributed by atoms with Gasteiger partial charge < -0.3 is 14.8 Å². The second kappa shape index (κ2) is 7.11. The molecular formula is C16H23NO4. The molecule has 0 aliphatic carbocycles. The third-order valence-electron chi connectivity index (χ3n) is 2.70. The predicted molar refractivity (Wildman–Crippen MR) is 80.1 cm³/mol. The lowest BCUT2D eigenvalue weighted by Gasteiger charge is -2.22. The first-order valence-electron chi connectivity index (χ1n) is 6.84. The van der Waals surface area contributed by atoms with Gasteiger partial charge >= 0.3 is 12.1 Å². The molecular weight excluding hydrogens is 270 g/mol. The summed E-state index contributed by atoms with van der Waals surface area (Å²) < 4.78 is 9.90. The van der Waals surface area contributed by atoms with E-state index in [0.717, 1.165) is 11.1 Å². The van der Waals surface area contributed by atoms with E-state index in [0.29, 0.717) is 6.42 Å². The number of benzene rings is 1. The maximum Gasteiger partial charge on any atom is 0.408 e. The van der Waals surface area contributed by atoms with Gasteiger partial charge in [-0.05, 0) is 33.3 Å². The van der Waals surface area contributed by atoms with Crippen LogP contribution in [0.1, 0.15) is 31.9 Å². The number of carbonyl (C=O) groups is 2. The summed E-state index contributed by atoms with van der Waals surface area (Å²) in [5, 5.41) is 2.56. The van der Waals surface area contributed by atoms with Crippen LogP contribution in [-0.4, -0.2) is 30.8 Å². The van der Waals surface area contributed by atoms with Crippen LogP contribution in [0.4, 0.5) is 4.79 Å². The van der Waals surface area contributed by atoms with Crippen molar-refractivity contribution in [2.24, 2.45) is 0 Å². The van der Waals surface area contributed by atoms with E-state index in [-0.39, 0.29) is 0 Å². The third-order valence-corrected chi connectivity index (χ3v) is 2.70. The number of nitrogens with one attached hydrogen (secondary N) is 1. The van der Waals surface area contributed by atoms with Crippen LogP contribution < -0.4 is 5.32 Å². The number of carbonyl (C=O) groups excluding carboxylic acids is 2. The molecule has 1 rings (SSSR count). The summed E-state index contributed by atoms with van der Waals surface area (Å²) in [6, 6.07) is 6.98. The molecule has 0 aliphatic rings. The number of alkyl carbamates (subject to hydrolysis) is 1. The molecule has 0 saturated heterocycles. The maximum atomic E-state index is 11.8. The van der Waals surface area contributed by atoms with Gasteiger partial charge in [0.2, 0.25) is 0 Å². The van der Waals surface area contributed by atoms with Crippen molar-refractivity contribution in [3.8, 4) is 0 Å². The first-order chi connectivity index (χ1) is 9.71. The minimum Gasteiger partial charge on any atom is -0.467 e. The topological polar surface area (TPSA) is 64.6 Å². The number of methoxy groups -OCH3 is 1. The fourth-order valence-electron chi connectivity index (χ4n) is 1.86. The number of hydrogen-bond acceptors (Lipinski definition) is 4. The van der Waals surface area contributed by atoms with Crippen molar-refractivity contribution in [1.82, 2.24) is 5.32 Å². The van der Waals surface area contributed by atoms with Crippen molar-refractivity contribution in [3.05, 3.63) is 35.4 Å². The van der Waals surface area contributed by atoms with E-state index < -0.39 is 23.7 Å². The summed E-state index contributed by atoms with van der Waals surface area (Å²) in [4.78, 5) is 23.6. The predicted octanol–water partition coefficient (Wildman–Crippen LogP) is 2.60. The van der Waals surface area contributed by atoms with Gasteiger partial charge in [0.1, 0.15) is 11.6 Å². The molecule has 21 heavy (non-hydrogen) atoms. The van der Waals surface area contributed by atoms with E-state index in [1.165, 1.54) is 7.11 Å². The van der Waals surface area contributed by atoms with Crippen LogP contribution in [0.15, 0.2) is 24.3 Å². The van der Waals surface area contributed by atoms with Gasteiger partial charge in [-0.15, -0.1) is 0 Å². The average Bonchev–Trinajstić information content (AvgIpc) is 2.34. The Kier molecular flexibility index (Phi) is 5.76. The highest BCUT2D eigenvalue weighted by molar-refractivity contribution is 5.81. The van der Waals surface area contributed by atoms with Crippen molar-refractivity contribution >= 4 is 12.1 Å². The summed E-state index contributed by atoms with van der Waals surface area (Å²) in [6.07, 6.45) is -0.279. The Morgan fingerprint density at radius 3 is 2.48 bits per heavy atom. The third kappa shape index (κ3) is 6.29. The molecule has 1 aromatic carbocycles. The Hall–Kier alpha value is -2.04. The minimum atomic E-state index is -0.772. The van der Waals surface area contributed by atoms with Crippen LogP contribution in [-0.2, 0) is 20.7 Å². The van der Waals surface area contributed by atoms with Gasteiger partial charge in [-0.2, -0.15) is 0 Å². The number of esters is 1. The summed E-state index contributed by atoms with van der Waals surface area (Å²) in [5.41, 5.74) is 1.42. The first kappa shape index (κ1) is 17.0. The molecule has 0 bridgehead atoms. The quantitative estimate of drug-likeness (QED) is 0.867. The highest BCUT2D eigenvalue weighted by atomic mass is 16.6. The first-order valence-corrected chi connectivity index (χ1v) is 6.84. The van der Waals surface area contributed by atoms with E-state index >= 15 is 0 Å². The minimum absolute atomic E-state index is 0.355. The van der Waals surface area contributed by atoms with E-state index in [4.69, 9.17) is 9.47 Å². The molecule has 1 N–H and O–H groups in total. The van der Waals surface area contributed by atoms with Crippen LogP contribution in [0.2, 0.25) is 0 Å². The summed E-state index contributed by atoms with van der Waals surface area (Å²) >= 11 is 0. The second-order valence-corrected chi connectivity index (χ2v) is 5.92. The molecule has 0 fully saturated rings. The molecule has 0 radical (unpaired) electrons. The lowest BCUT2D eigenvalue weighted by Crippen LogP contribution is -2.45. The Balaban J connectivity index is 2.77. The molecule has 0 heterocycles. The van der Waals surface area contributed by atoms with Crippen LogP contribution >= 0.6 is 0 Å². The Morgan fingerprint density at radius 2 is 1.95 bits per heavy atom. The zero-order valence-corrected chi connectivity index (χ0v) is 13.2. The number of rotatable bonds is 4. The SMILES string of the molecule is COC(=O)C(Cc1cccc(C)c1)NC(=O)OC(C)(C)C. The Labute approximate surface area is 125 Å². The molecule has 1 aromatic rings. The molecule has 116 valence electrons. The van der Waals surface area contributed by atoms with E-state index in [1.54, 1.807) is 20.8 Å². The number of ether oxygens (including phenoxy) is 2. The molecule has 0 saturated carbocycles. The number of amides is 1. The maximum absolute atomic E-state index is 11.8. The van der Waals surface area contributed by atoms with Crippen molar-refractivity contribution < 1.29 is 19.1 Å². The highest BCUT2D eigenvalue weighted by Crippen LogP contribution is 2.10. The summed E-state index contributed by atoms with van der Waals surface area (Å²) in [6.45, 7) is 7.26. The largest absolute Gasteiger partial charge is 0.467 e. The zero-order chi connectivity index (χ0) is 16.0. The zero-order valence-electron chi connectivity index (χ0n) is 13.2. The van der Waals surface area contributed by atoms with Crippen molar-refractivity contribution in [3.63, 3.8) is 0 Å². The lowest BCUT2D eigenvalue weighted by atomic mass is 10.0. The fraction of sp³-hybridized carbons (Fsp3) is 0.500. The van der Waals surface area contributed by atoms with Crippen molar-refractivity contribution in [2.75, 3.05) is 7.11 Å². The van der Waals surface area contributed by atoms with Gasteiger partial charge in [-0.3, -0.25) is 0 Å². The van der Waals surface area contributed by atoms with E-state index in [1.807, 2.05) is 31.2 Å². The van der Waals surface area contributed by atoms with Crippen LogP contribution in [0.5, 0.6) is 0 Å². The fourth-order valence-corrected chi connectivity index (χ4v) is 1.86. The van der Waals surface area contributed by atoms with Crippen molar-refractivity contribution in [2.45, 2.75) is 45.8 Å². The van der Waals surface area contributed by atoms with Gasteiger partial charge in [0.15, 0.2) is 0 Å². The molecule has 5 heteroatoms. The smallest absolute Gasteiger partial charge is 0.408 e. The van der Waals surface area contributed by atoms with Gasteiger partial charge in [-0.1, -0.05) is 29.8 Å². The molecule has 1 amide bonds. The standard InChI is InChI=1S/C16H23NO4/c1-11-7-6-8-12(9-11)10-13(14(18)20-5)17-15(19)21-16(2,3)4/h6-9,13H,10H2,1-5H3,(H,17,19). The summed E-state index contributed by atoms with van der Waals surface area (Å²) in [5.74, 6) is -0.498. The molecule has 1 unspecified atom stereocenters. The molecule has 0 spiro atoms. The van der Waals surface area contributed by atoms with E-state index in [9.17, 15) is 9.59 Å². The lowest BCUT2D eigenvalue weighted by molar-refractivity contribution is -0.143. The Morgan fingerprint density at radius 1 is 1.29 bits per heavy atom. The van der Waals surface area contributed by atoms with Crippen LogP contribution in [0.3, 0.4) is 0 Å². The van der Waals surface area contributed by atoms with E-state index in [2.05, 4.69) is 5.32 Å². The molecule has 0 aromatic heterocycles. The normalized spacial score (nSPS) is 12.4. The van der Waals surface area contributed by atoms with Crippen LogP contribution in [0, 0.1) is 6.92 Å². The van der Waals surface area contributed by atoms with Gasteiger partial charge in [0.05, 0.1) is 7.11 Å². The number of hydrogen-bond donors (Lipinski definition) is 1.